The number of oxime groups is 1. The first kappa shape index (κ1) is 19.9. The number of nitrogens with zero attached hydrogens (tertiary/aromatic N) is 3. The molecule has 3 heterocycles. The molecule has 1 aromatic rings. The number of thioether (sulfide) groups is 1. The lowest BCUT2D eigenvalue weighted by atomic mass is 9.88. The molecule has 1 N–H and O–H groups in total. The second-order valence-electron chi connectivity index (χ2n) is 7.48. The van der Waals surface area contributed by atoms with E-state index in [1.54, 1.807) is 0 Å². The van der Waals surface area contributed by atoms with E-state index < -0.39 is 0 Å². The molecule has 1 unspecified atom stereocenters. The number of benzene rings is 1. The van der Waals surface area contributed by atoms with Crippen LogP contribution in [0.25, 0.3) is 0 Å². The second-order valence-corrected chi connectivity index (χ2v) is 8.42. The van der Waals surface area contributed by atoms with Gasteiger partial charge in [0.2, 0.25) is 5.91 Å². The zero-order valence-electron chi connectivity index (χ0n) is 16.2. The van der Waals surface area contributed by atoms with Crippen molar-refractivity contribution in [3.8, 4) is 0 Å². The Bertz CT molecular complexity index is 880. The van der Waals surface area contributed by atoms with Gasteiger partial charge in [-0.2, -0.15) is 4.99 Å². The number of hydrogen-bond acceptors (Lipinski definition) is 6. The molecule has 9 heteroatoms. The van der Waals surface area contributed by atoms with E-state index in [9.17, 15) is 14.0 Å². The fourth-order valence-corrected chi connectivity index (χ4v) is 4.69. The van der Waals surface area contributed by atoms with E-state index in [1.165, 1.54) is 24.8 Å². The fraction of sp³-hybridized carbons (Fsp3) is 0.500. The van der Waals surface area contributed by atoms with Crippen molar-refractivity contribution in [2.75, 3.05) is 25.4 Å². The normalized spacial score (nSPS) is 22.3. The van der Waals surface area contributed by atoms with Crippen LogP contribution in [0.2, 0.25) is 0 Å². The van der Waals surface area contributed by atoms with Crippen LogP contribution in [0.4, 0.5) is 4.39 Å². The Balaban J connectivity index is 1.35. The molecule has 2 amide bonds. The molecule has 0 aliphatic carbocycles. The van der Waals surface area contributed by atoms with Crippen molar-refractivity contribution in [1.82, 2.24) is 10.2 Å². The molecule has 3 aliphatic heterocycles. The Kier molecular flexibility index (Phi) is 5.84. The van der Waals surface area contributed by atoms with Crippen LogP contribution < -0.4 is 5.32 Å². The van der Waals surface area contributed by atoms with E-state index in [0.29, 0.717) is 30.0 Å². The van der Waals surface area contributed by atoms with Gasteiger partial charge >= 0.3 is 0 Å². The first-order chi connectivity index (χ1) is 14.0. The summed E-state index contributed by atoms with van der Waals surface area (Å²) in [6, 6.07) is 5.27. The van der Waals surface area contributed by atoms with E-state index in [0.717, 1.165) is 36.7 Å². The highest BCUT2D eigenvalue weighted by Gasteiger charge is 2.28. The van der Waals surface area contributed by atoms with Crippen molar-refractivity contribution in [3.63, 3.8) is 0 Å². The first-order valence-electron chi connectivity index (χ1n) is 9.76. The average molecular weight is 418 g/mol. The zero-order chi connectivity index (χ0) is 20.4. The van der Waals surface area contributed by atoms with Gasteiger partial charge in [-0.05, 0) is 30.4 Å². The largest absolute Gasteiger partial charge is 0.390 e. The van der Waals surface area contributed by atoms with Gasteiger partial charge in [-0.25, -0.2) is 4.39 Å². The van der Waals surface area contributed by atoms with Crippen LogP contribution in [-0.4, -0.2) is 59.1 Å². The lowest BCUT2D eigenvalue weighted by molar-refractivity contribution is -0.119. The van der Waals surface area contributed by atoms with E-state index in [-0.39, 0.29) is 29.7 Å². The highest BCUT2D eigenvalue weighted by molar-refractivity contribution is 8.14. The summed E-state index contributed by atoms with van der Waals surface area (Å²) in [6.07, 6.45) is 1.97. The van der Waals surface area contributed by atoms with Gasteiger partial charge in [-0.3, -0.25) is 9.59 Å². The smallest absolute Gasteiger partial charge is 0.258 e. The van der Waals surface area contributed by atoms with Crippen molar-refractivity contribution in [2.24, 2.45) is 10.1 Å². The number of likely N-dealkylation sites (tertiary alicyclic amines) is 1. The van der Waals surface area contributed by atoms with E-state index in [1.807, 2.05) is 12.1 Å². The predicted molar refractivity (Wildman–Crippen MR) is 110 cm³/mol. The number of aliphatic imine (C=N–C) groups is 1. The third kappa shape index (κ3) is 4.60. The summed E-state index contributed by atoms with van der Waals surface area (Å²) < 4.78 is 14.8. The number of hydrogen-bond donors (Lipinski definition) is 1. The SMILES string of the molecule is CC(=O)NCC1CC(c2ccc(C3CCN(C4=NC(=O)CS4)CC3)c(F)c2)=NO1. The van der Waals surface area contributed by atoms with Gasteiger partial charge in [0.1, 0.15) is 11.9 Å². The quantitative estimate of drug-likeness (QED) is 0.811. The van der Waals surface area contributed by atoms with Crippen molar-refractivity contribution >= 4 is 34.5 Å². The van der Waals surface area contributed by atoms with Crippen LogP contribution in [0.15, 0.2) is 28.3 Å². The Morgan fingerprint density at radius 1 is 1.38 bits per heavy atom. The molecule has 0 saturated carbocycles. The predicted octanol–water partition coefficient (Wildman–Crippen LogP) is 2.26. The maximum absolute atomic E-state index is 14.8. The van der Waals surface area contributed by atoms with Crippen molar-refractivity contribution in [3.05, 3.63) is 35.1 Å². The highest BCUT2D eigenvalue weighted by atomic mass is 32.2. The number of rotatable bonds is 4. The summed E-state index contributed by atoms with van der Waals surface area (Å²) in [7, 11) is 0. The van der Waals surface area contributed by atoms with Gasteiger partial charge in [0, 0.05) is 32.0 Å². The number of amides is 2. The highest BCUT2D eigenvalue weighted by Crippen LogP contribution is 2.32. The van der Waals surface area contributed by atoms with E-state index in [2.05, 4.69) is 20.4 Å². The number of amidine groups is 1. The molecule has 1 aromatic carbocycles. The Labute approximate surface area is 172 Å². The maximum Gasteiger partial charge on any atom is 0.258 e. The molecule has 3 aliphatic rings. The molecule has 0 bridgehead atoms. The third-order valence-electron chi connectivity index (χ3n) is 5.40. The van der Waals surface area contributed by atoms with Crippen LogP contribution in [0.1, 0.15) is 43.2 Å². The Hall–Kier alpha value is -2.42. The topological polar surface area (TPSA) is 83.4 Å². The van der Waals surface area contributed by atoms with Gasteiger partial charge in [0.05, 0.1) is 18.0 Å². The third-order valence-corrected chi connectivity index (χ3v) is 6.39. The van der Waals surface area contributed by atoms with Crippen molar-refractivity contribution < 1.29 is 18.8 Å². The van der Waals surface area contributed by atoms with Crippen molar-refractivity contribution in [2.45, 2.75) is 38.2 Å². The molecule has 1 fully saturated rings. The molecule has 0 radical (unpaired) electrons. The van der Waals surface area contributed by atoms with Gasteiger partial charge in [-0.1, -0.05) is 29.1 Å². The first-order valence-corrected chi connectivity index (χ1v) is 10.7. The monoisotopic (exact) mass is 418 g/mol. The zero-order valence-corrected chi connectivity index (χ0v) is 17.0. The number of piperidine rings is 1. The molecule has 1 atom stereocenters. The minimum atomic E-state index is -0.225. The number of nitrogens with one attached hydrogen (secondary N) is 1. The van der Waals surface area contributed by atoms with Crippen LogP contribution in [0.5, 0.6) is 0 Å². The van der Waals surface area contributed by atoms with Gasteiger partial charge in [0.25, 0.3) is 5.91 Å². The van der Waals surface area contributed by atoms with Gasteiger partial charge in [-0.15, -0.1) is 0 Å². The second kappa shape index (κ2) is 8.52. The molecular formula is C20H23FN4O3S. The summed E-state index contributed by atoms with van der Waals surface area (Å²) in [5.41, 5.74) is 2.13. The average Bonchev–Trinajstić information content (AvgIpc) is 3.36. The van der Waals surface area contributed by atoms with Crippen LogP contribution in [0, 0.1) is 5.82 Å². The minimum absolute atomic E-state index is 0.0770. The maximum atomic E-state index is 14.8. The molecule has 29 heavy (non-hydrogen) atoms. The minimum Gasteiger partial charge on any atom is -0.390 e. The van der Waals surface area contributed by atoms with E-state index >= 15 is 0 Å². The molecule has 0 spiro atoms. The van der Waals surface area contributed by atoms with Crippen molar-refractivity contribution in [1.29, 1.82) is 0 Å². The van der Waals surface area contributed by atoms with Crippen LogP contribution >= 0.6 is 11.8 Å². The number of carbonyl (C=O) groups excluding carboxylic acids is 2. The molecule has 4 rings (SSSR count). The molecular weight excluding hydrogens is 395 g/mol. The molecule has 7 nitrogen and oxygen atoms in total. The number of halogens is 1. The van der Waals surface area contributed by atoms with E-state index in [4.69, 9.17) is 4.84 Å². The van der Waals surface area contributed by atoms with Gasteiger partial charge < -0.3 is 15.1 Å². The lowest BCUT2D eigenvalue weighted by Gasteiger charge is -2.33. The molecule has 154 valence electrons. The fourth-order valence-electron chi connectivity index (χ4n) is 3.84. The summed E-state index contributed by atoms with van der Waals surface area (Å²) in [5.74, 6) is 0.152. The molecule has 1 saturated heterocycles. The van der Waals surface area contributed by atoms with Crippen LogP contribution in [-0.2, 0) is 14.4 Å². The van der Waals surface area contributed by atoms with Crippen LogP contribution in [0.3, 0.4) is 0 Å². The molecule has 0 aromatic heterocycles. The Morgan fingerprint density at radius 3 is 2.83 bits per heavy atom. The lowest BCUT2D eigenvalue weighted by Crippen LogP contribution is -2.36. The summed E-state index contributed by atoms with van der Waals surface area (Å²) >= 11 is 1.48. The van der Waals surface area contributed by atoms with Gasteiger partial charge in [0.15, 0.2) is 5.17 Å². The Morgan fingerprint density at radius 2 is 2.17 bits per heavy atom. The standard InChI is InChI=1S/C20H23FN4O3S/c1-12(26)22-10-15-9-18(24-28-15)14-2-3-16(17(21)8-14)13-4-6-25(7-5-13)20-23-19(27)11-29-20/h2-3,8,13,15H,4-7,9-11H2,1H3,(H,22,26). The summed E-state index contributed by atoms with van der Waals surface area (Å²) in [5, 5.41) is 7.57. The number of carbonyl (C=O) groups is 2. The summed E-state index contributed by atoms with van der Waals surface area (Å²) in [4.78, 5) is 33.9. The summed E-state index contributed by atoms with van der Waals surface area (Å²) in [6.45, 7) is 3.39.